The van der Waals surface area contributed by atoms with Crippen LogP contribution in [0.25, 0.3) is 0 Å². The summed E-state index contributed by atoms with van der Waals surface area (Å²) in [5, 5.41) is 0. The molecule has 0 atom stereocenters. The van der Waals surface area contributed by atoms with Gasteiger partial charge in [-0.15, -0.1) is 0 Å². The van der Waals surface area contributed by atoms with E-state index in [0.29, 0.717) is 12.5 Å². The molecular weight excluding hydrogens is 239 g/mol. The second-order valence-electron chi connectivity index (χ2n) is 5.05. The van der Waals surface area contributed by atoms with Gasteiger partial charge < -0.3 is 10.6 Å². The van der Waals surface area contributed by atoms with Gasteiger partial charge in [-0.1, -0.05) is 32.8 Å². The monoisotopic (exact) mass is 266 g/mol. The van der Waals surface area contributed by atoms with E-state index in [2.05, 4.69) is 25.7 Å². The molecule has 0 saturated heterocycles. The van der Waals surface area contributed by atoms with Gasteiger partial charge in [-0.3, -0.25) is 0 Å². The molecule has 0 unspecified atom stereocenters. The van der Waals surface area contributed by atoms with Gasteiger partial charge in [-0.05, 0) is 43.5 Å². The first kappa shape index (κ1) is 16.0. The van der Waals surface area contributed by atoms with E-state index in [4.69, 9.17) is 5.73 Å². The molecule has 0 saturated carbocycles. The van der Waals surface area contributed by atoms with Crippen LogP contribution in [0.1, 0.15) is 39.2 Å². The van der Waals surface area contributed by atoms with Gasteiger partial charge in [0.25, 0.3) is 0 Å². The van der Waals surface area contributed by atoms with Gasteiger partial charge in [-0.25, -0.2) is 4.39 Å². The zero-order valence-corrected chi connectivity index (χ0v) is 12.5. The minimum Gasteiger partial charge on any atom is -0.369 e. The van der Waals surface area contributed by atoms with E-state index in [0.717, 1.165) is 43.6 Å². The van der Waals surface area contributed by atoms with Crippen molar-refractivity contribution in [3.05, 3.63) is 29.6 Å². The average molecular weight is 266 g/mol. The normalized spacial score (nSPS) is 11.1. The van der Waals surface area contributed by atoms with Crippen LogP contribution in [0.4, 0.5) is 10.1 Å². The summed E-state index contributed by atoms with van der Waals surface area (Å²) in [5.74, 6) is 0.502. The highest BCUT2D eigenvalue weighted by Crippen LogP contribution is 2.23. The molecule has 0 aliphatic rings. The van der Waals surface area contributed by atoms with E-state index in [-0.39, 0.29) is 5.82 Å². The van der Waals surface area contributed by atoms with Crippen LogP contribution in [0.5, 0.6) is 0 Å². The predicted molar refractivity (Wildman–Crippen MR) is 81.1 cm³/mol. The summed E-state index contributed by atoms with van der Waals surface area (Å²) in [4.78, 5) is 2.14. The van der Waals surface area contributed by atoms with Crippen molar-refractivity contribution >= 4 is 5.69 Å². The fraction of sp³-hybridized carbons (Fsp3) is 0.625. The van der Waals surface area contributed by atoms with Crippen molar-refractivity contribution < 1.29 is 4.39 Å². The topological polar surface area (TPSA) is 29.3 Å². The Balaban J connectivity index is 2.86. The Bertz CT molecular complexity index is 375. The van der Waals surface area contributed by atoms with E-state index in [9.17, 15) is 4.39 Å². The quantitative estimate of drug-likeness (QED) is 0.779. The van der Waals surface area contributed by atoms with Crippen molar-refractivity contribution in [3.8, 4) is 0 Å². The number of hydrogen-bond acceptors (Lipinski definition) is 2. The molecule has 2 nitrogen and oxygen atoms in total. The second kappa shape index (κ2) is 8.16. The lowest BCUT2D eigenvalue weighted by molar-refractivity contribution is 0.482. The van der Waals surface area contributed by atoms with Crippen molar-refractivity contribution in [1.82, 2.24) is 0 Å². The fourth-order valence-corrected chi connectivity index (χ4v) is 2.39. The zero-order valence-electron chi connectivity index (χ0n) is 12.5. The van der Waals surface area contributed by atoms with E-state index in [1.165, 1.54) is 0 Å². The SMILES string of the molecule is CCC(CC)CN(CC)c1ccc(CCN)cc1F. The Hall–Kier alpha value is -1.09. The van der Waals surface area contributed by atoms with Gasteiger partial charge in [0.05, 0.1) is 5.69 Å². The Labute approximate surface area is 116 Å². The van der Waals surface area contributed by atoms with E-state index in [1.54, 1.807) is 6.07 Å². The van der Waals surface area contributed by atoms with Gasteiger partial charge in [-0.2, -0.15) is 0 Å². The molecule has 0 aliphatic heterocycles. The van der Waals surface area contributed by atoms with Crippen molar-refractivity contribution in [2.24, 2.45) is 11.7 Å². The van der Waals surface area contributed by atoms with Crippen molar-refractivity contribution in [3.63, 3.8) is 0 Å². The third-order valence-electron chi connectivity index (χ3n) is 3.80. The Morgan fingerprint density at radius 1 is 1.21 bits per heavy atom. The summed E-state index contributed by atoms with van der Waals surface area (Å²) in [6, 6.07) is 5.50. The van der Waals surface area contributed by atoms with E-state index >= 15 is 0 Å². The molecule has 108 valence electrons. The minimum atomic E-state index is -0.126. The molecule has 2 N–H and O–H groups in total. The third-order valence-corrected chi connectivity index (χ3v) is 3.80. The molecule has 0 fully saturated rings. The van der Waals surface area contributed by atoms with Crippen LogP contribution in [0.3, 0.4) is 0 Å². The van der Waals surface area contributed by atoms with Gasteiger partial charge >= 0.3 is 0 Å². The van der Waals surface area contributed by atoms with E-state index in [1.807, 2.05) is 12.1 Å². The maximum Gasteiger partial charge on any atom is 0.146 e. The van der Waals surface area contributed by atoms with Crippen LogP contribution in [0, 0.1) is 11.7 Å². The molecule has 1 rings (SSSR count). The molecule has 1 aromatic rings. The van der Waals surface area contributed by atoms with Crippen LogP contribution < -0.4 is 10.6 Å². The molecule has 0 bridgehead atoms. The van der Waals surface area contributed by atoms with Crippen molar-refractivity contribution in [2.45, 2.75) is 40.0 Å². The molecule has 0 spiro atoms. The average Bonchev–Trinajstić information content (AvgIpc) is 2.42. The third kappa shape index (κ3) is 4.50. The van der Waals surface area contributed by atoms with Gasteiger partial charge in [0.1, 0.15) is 5.82 Å². The summed E-state index contributed by atoms with van der Waals surface area (Å²) in [6.07, 6.45) is 3.01. The largest absolute Gasteiger partial charge is 0.369 e. The highest BCUT2D eigenvalue weighted by Gasteiger charge is 2.14. The fourth-order valence-electron chi connectivity index (χ4n) is 2.39. The first-order valence-electron chi connectivity index (χ1n) is 7.39. The molecule has 0 aromatic heterocycles. The number of anilines is 1. The smallest absolute Gasteiger partial charge is 0.146 e. The summed E-state index contributed by atoms with van der Waals surface area (Å²) < 4.78 is 14.2. The lowest BCUT2D eigenvalue weighted by Crippen LogP contribution is -2.29. The number of nitrogens with two attached hydrogens (primary N) is 1. The Kier molecular flexibility index (Phi) is 6.85. The summed E-state index contributed by atoms with van der Waals surface area (Å²) in [6.45, 7) is 8.80. The number of benzene rings is 1. The van der Waals surface area contributed by atoms with Crippen LogP contribution in [-0.4, -0.2) is 19.6 Å². The van der Waals surface area contributed by atoms with E-state index < -0.39 is 0 Å². The standard InChI is InChI=1S/C16H27FN2/c1-4-13(5-2)12-19(6-3)16-8-7-14(9-10-18)11-15(16)17/h7-8,11,13H,4-6,9-10,12,18H2,1-3H3. The van der Waals surface area contributed by atoms with Gasteiger partial charge in [0, 0.05) is 13.1 Å². The molecule has 19 heavy (non-hydrogen) atoms. The number of halogens is 1. The minimum absolute atomic E-state index is 0.126. The maximum absolute atomic E-state index is 14.2. The van der Waals surface area contributed by atoms with Crippen LogP contribution in [0.2, 0.25) is 0 Å². The molecule has 0 amide bonds. The molecule has 3 heteroatoms. The summed E-state index contributed by atoms with van der Waals surface area (Å²) in [5.41, 5.74) is 7.20. The predicted octanol–water partition coefficient (Wildman–Crippen LogP) is 3.59. The highest BCUT2D eigenvalue weighted by atomic mass is 19.1. The molecule has 0 aliphatic carbocycles. The number of rotatable bonds is 8. The lowest BCUT2D eigenvalue weighted by atomic mass is 10.0. The summed E-state index contributed by atoms with van der Waals surface area (Å²) in [7, 11) is 0. The van der Waals surface area contributed by atoms with Crippen LogP contribution in [-0.2, 0) is 6.42 Å². The Morgan fingerprint density at radius 3 is 2.37 bits per heavy atom. The molecular formula is C16H27FN2. The zero-order chi connectivity index (χ0) is 14.3. The van der Waals surface area contributed by atoms with Gasteiger partial charge in [0.15, 0.2) is 0 Å². The second-order valence-corrected chi connectivity index (χ2v) is 5.05. The molecule has 1 aromatic carbocycles. The maximum atomic E-state index is 14.2. The first-order chi connectivity index (χ1) is 9.15. The van der Waals surface area contributed by atoms with Gasteiger partial charge in [0.2, 0.25) is 0 Å². The highest BCUT2D eigenvalue weighted by molar-refractivity contribution is 5.49. The van der Waals surface area contributed by atoms with Crippen molar-refractivity contribution in [2.75, 3.05) is 24.5 Å². The van der Waals surface area contributed by atoms with Crippen LogP contribution >= 0.6 is 0 Å². The lowest BCUT2D eigenvalue weighted by Gasteiger charge is -2.28. The molecule has 0 heterocycles. The summed E-state index contributed by atoms with van der Waals surface area (Å²) >= 11 is 0. The van der Waals surface area contributed by atoms with Crippen molar-refractivity contribution in [1.29, 1.82) is 0 Å². The Morgan fingerprint density at radius 2 is 1.89 bits per heavy atom. The first-order valence-corrected chi connectivity index (χ1v) is 7.39. The number of hydrogen-bond donors (Lipinski definition) is 1. The number of nitrogens with zero attached hydrogens (tertiary/aromatic N) is 1. The van der Waals surface area contributed by atoms with Crippen LogP contribution in [0.15, 0.2) is 18.2 Å². The molecule has 0 radical (unpaired) electrons.